The number of ether oxygens (including phenoxy) is 1. The molecule has 0 radical (unpaired) electrons. The molecule has 0 unspecified atom stereocenters. The van der Waals surface area contributed by atoms with Gasteiger partial charge in [-0.05, 0) is 73.9 Å². The summed E-state index contributed by atoms with van der Waals surface area (Å²) in [4.78, 5) is 14.3. The molecule has 0 aromatic heterocycles. The van der Waals surface area contributed by atoms with Crippen molar-refractivity contribution >= 4 is 29.0 Å². The molecule has 2 aromatic rings. The lowest BCUT2D eigenvalue weighted by atomic mass is 10.0. The molecule has 0 aliphatic heterocycles. The molecule has 0 amide bonds. The quantitative estimate of drug-likeness (QED) is 0.519. The number of carbonyl (C=O) groups is 1. The average Bonchev–Trinajstić information content (AvgIpc) is 2.68. The fourth-order valence-electron chi connectivity index (χ4n) is 2.60. The Morgan fingerprint density at radius 2 is 1.86 bits per heavy atom. The molecule has 2 rings (SSSR count). The topological polar surface area (TPSA) is 41.6 Å². The predicted molar refractivity (Wildman–Crippen MR) is 111 cm³/mol. The summed E-state index contributed by atoms with van der Waals surface area (Å²) < 4.78 is 43.6. The van der Waals surface area contributed by atoms with Crippen LogP contribution in [0.15, 0.2) is 36.4 Å². The summed E-state index contributed by atoms with van der Waals surface area (Å²) >= 11 is 5.32. The summed E-state index contributed by atoms with van der Waals surface area (Å²) in [5.74, 6) is -0.595. The van der Waals surface area contributed by atoms with Gasteiger partial charge in [0.15, 0.2) is 5.11 Å². The van der Waals surface area contributed by atoms with Crippen LogP contribution in [-0.4, -0.2) is 29.6 Å². The van der Waals surface area contributed by atoms with E-state index in [2.05, 4.69) is 5.32 Å². The molecule has 0 spiro atoms. The van der Waals surface area contributed by atoms with E-state index >= 15 is 0 Å². The van der Waals surface area contributed by atoms with E-state index in [1.54, 1.807) is 19.1 Å². The summed E-state index contributed by atoms with van der Waals surface area (Å²) in [6, 6.07) is 8.08. The number of carbonyl (C=O) groups excluding carboxylic acids is 1. The van der Waals surface area contributed by atoms with Crippen molar-refractivity contribution < 1.29 is 22.7 Å². The standard InChI is InChI=1S/C21H23F3N2O2S/c1-5-26(4)20(29)25-18-10-9-17(13(2)14(18)3)19(27)28-12-15-7-6-8-16(11-15)21(22,23)24/h6-11H,5,12H2,1-4H3,(H,25,29). The largest absolute Gasteiger partial charge is 0.457 e. The number of esters is 1. The number of rotatable bonds is 5. The number of thiocarbonyl (C=S) groups is 1. The molecule has 0 bridgehead atoms. The van der Waals surface area contributed by atoms with Gasteiger partial charge in [-0.3, -0.25) is 0 Å². The minimum absolute atomic E-state index is 0.243. The van der Waals surface area contributed by atoms with Crippen LogP contribution in [0.3, 0.4) is 0 Å². The zero-order valence-electron chi connectivity index (χ0n) is 16.7. The minimum Gasteiger partial charge on any atom is -0.457 e. The normalized spacial score (nSPS) is 11.1. The highest BCUT2D eigenvalue weighted by atomic mass is 32.1. The van der Waals surface area contributed by atoms with Gasteiger partial charge < -0.3 is 15.0 Å². The van der Waals surface area contributed by atoms with Crippen molar-refractivity contribution in [2.75, 3.05) is 18.9 Å². The summed E-state index contributed by atoms with van der Waals surface area (Å²) in [5, 5.41) is 3.71. The molecule has 0 aliphatic carbocycles. The fourth-order valence-corrected chi connectivity index (χ4v) is 2.83. The van der Waals surface area contributed by atoms with Gasteiger partial charge in [0.05, 0.1) is 11.1 Å². The molecular weight excluding hydrogens is 401 g/mol. The van der Waals surface area contributed by atoms with Gasteiger partial charge in [0.25, 0.3) is 0 Å². The molecule has 1 N–H and O–H groups in total. The second-order valence-corrected chi connectivity index (χ2v) is 7.02. The van der Waals surface area contributed by atoms with Crippen molar-refractivity contribution in [2.45, 2.75) is 33.6 Å². The van der Waals surface area contributed by atoms with Crippen LogP contribution in [0.5, 0.6) is 0 Å². The third-order valence-corrected chi connectivity index (χ3v) is 5.11. The second-order valence-electron chi connectivity index (χ2n) is 6.63. The Labute approximate surface area is 173 Å². The van der Waals surface area contributed by atoms with Gasteiger partial charge in [-0.1, -0.05) is 12.1 Å². The number of hydrogen-bond donors (Lipinski definition) is 1. The van der Waals surface area contributed by atoms with Gasteiger partial charge in [0.2, 0.25) is 0 Å². The van der Waals surface area contributed by atoms with Gasteiger partial charge in [-0.2, -0.15) is 13.2 Å². The first-order chi connectivity index (χ1) is 13.5. The van der Waals surface area contributed by atoms with Gasteiger partial charge in [0, 0.05) is 19.3 Å². The summed E-state index contributed by atoms with van der Waals surface area (Å²) in [5.41, 5.74) is 2.18. The number of anilines is 1. The lowest BCUT2D eigenvalue weighted by molar-refractivity contribution is -0.137. The van der Waals surface area contributed by atoms with Crippen molar-refractivity contribution in [3.8, 4) is 0 Å². The highest BCUT2D eigenvalue weighted by Gasteiger charge is 2.30. The lowest BCUT2D eigenvalue weighted by Gasteiger charge is -2.21. The Kier molecular flexibility index (Phi) is 7.24. The maximum absolute atomic E-state index is 12.8. The van der Waals surface area contributed by atoms with E-state index in [0.717, 1.165) is 29.9 Å². The van der Waals surface area contributed by atoms with Gasteiger partial charge in [-0.25, -0.2) is 4.79 Å². The zero-order chi connectivity index (χ0) is 21.8. The van der Waals surface area contributed by atoms with Crippen LogP contribution in [0.25, 0.3) is 0 Å². The zero-order valence-corrected chi connectivity index (χ0v) is 17.5. The Hall–Kier alpha value is -2.61. The fraction of sp³-hybridized carbons (Fsp3) is 0.333. The van der Waals surface area contributed by atoms with Crippen LogP contribution in [0.1, 0.15) is 39.5 Å². The minimum atomic E-state index is -4.44. The SMILES string of the molecule is CCN(C)C(=S)Nc1ccc(C(=O)OCc2cccc(C(F)(F)F)c2)c(C)c1C. The van der Waals surface area contributed by atoms with Crippen LogP contribution < -0.4 is 5.32 Å². The van der Waals surface area contributed by atoms with E-state index in [4.69, 9.17) is 17.0 Å². The first kappa shape index (κ1) is 22.7. The summed E-state index contributed by atoms with van der Waals surface area (Å²) in [6.45, 7) is 6.13. The van der Waals surface area contributed by atoms with Gasteiger partial charge in [-0.15, -0.1) is 0 Å². The van der Waals surface area contributed by atoms with Crippen molar-refractivity contribution in [2.24, 2.45) is 0 Å². The maximum Gasteiger partial charge on any atom is 0.416 e. The van der Waals surface area contributed by atoms with Gasteiger partial charge >= 0.3 is 12.1 Å². The van der Waals surface area contributed by atoms with Crippen molar-refractivity contribution in [3.63, 3.8) is 0 Å². The van der Waals surface area contributed by atoms with Crippen LogP contribution >= 0.6 is 12.2 Å². The number of nitrogens with one attached hydrogen (secondary N) is 1. The van der Waals surface area contributed by atoms with Crippen molar-refractivity contribution in [1.29, 1.82) is 0 Å². The smallest absolute Gasteiger partial charge is 0.416 e. The van der Waals surface area contributed by atoms with Crippen LogP contribution in [0, 0.1) is 13.8 Å². The van der Waals surface area contributed by atoms with E-state index in [0.29, 0.717) is 16.2 Å². The maximum atomic E-state index is 12.8. The molecule has 0 fully saturated rings. The molecular formula is C21H23F3N2O2S. The molecule has 2 aromatic carbocycles. The third-order valence-electron chi connectivity index (χ3n) is 4.69. The molecule has 0 atom stereocenters. The third kappa shape index (κ3) is 5.69. The van der Waals surface area contributed by atoms with Crippen LogP contribution in [0.2, 0.25) is 0 Å². The van der Waals surface area contributed by atoms with Gasteiger partial charge in [0.1, 0.15) is 6.61 Å². The first-order valence-electron chi connectivity index (χ1n) is 9.00. The Morgan fingerprint density at radius 3 is 2.48 bits per heavy atom. The van der Waals surface area contributed by atoms with E-state index in [1.165, 1.54) is 12.1 Å². The number of benzene rings is 2. The van der Waals surface area contributed by atoms with Crippen molar-refractivity contribution in [3.05, 3.63) is 64.2 Å². The molecule has 0 saturated carbocycles. The molecule has 0 saturated heterocycles. The number of alkyl halides is 3. The second kappa shape index (κ2) is 9.26. The molecule has 29 heavy (non-hydrogen) atoms. The van der Waals surface area contributed by atoms with E-state index in [1.807, 2.05) is 25.8 Å². The highest BCUT2D eigenvalue weighted by molar-refractivity contribution is 7.80. The predicted octanol–water partition coefficient (Wildman–Crippen LogP) is 5.33. The molecule has 0 aliphatic rings. The molecule has 156 valence electrons. The molecule has 8 heteroatoms. The number of nitrogens with zero attached hydrogens (tertiary/aromatic N) is 1. The Balaban J connectivity index is 2.12. The van der Waals surface area contributed by atoms with E-state index in [-0.39, 0.29) is 12.2 Å². The lowest BCUT2D eigenvalue weighted by Crippen LogP contribution is -2.31. The Bertz CT molecular complexity index is 913. The average molecular weight is 424 g/mol. The molecule has 4 nitrogen and oxygen atoms in total. The van der Waals surface area contributed by atoms with Crippen LogP contribution in [-0.2, 0) is 17.5 Å². The van der Waals surface area contributed by atoms with E-state index in [9.17, 15) is 18.0 Å². The molecule has 0 heterocycles. The monoisotopic (exact) mass is 424 g/mol. The van der Waals surface area contributed by atoms with E-state index < -0.39 is 17.7 Å². The van der Waals surface area contributed by atoms with Crippen LogP contribution in [0.4, 0.5) is 18.9 Å². The Morgan fingerprint density at radius 1 is 1.17 bits per heavy atom. The van der Waals surface area contributed by atoms with Crippen molar-refractivity contribution in [1.82, 2.24) is 4.90 Å². The highest BCUT2D eigenvalue weighted by Crippen LogP contribution is 2.30. The number of halogens is 3. The summed E-state index contributed by atoms with van der Waals surface area (Å²) in [6.07, 6.45) is -4.44. The summed E-state index contributed by atoms with van der Waals surface area (Å²) in [7, 11) is 1.87. The first-order valence-corrected chi connectivity index (χ1v) is 9.41. The number of hydrogen-bond acceptors (Lipinski definition) is 3.